The molecule has 0 aliphatic rings. The molecule has 0 unspecified atom stereocenters. The molecule has 0 radical (unpaired) electrons. The quantitative estimate of drug-likeness (QED) is 0.514. The highest BCUT2D eigenvalue weighted by Gasteiger charge is 2.08. The minimum Gasteiger partial charge on any atom is -0.126 e. The largest absolute Gasteiger partial charge is 0.126 e. The van der Waals surface area contributed by atoms with Crippen LogP contribution in [0, 0.1) is 5.41 Å². The van der Waals surface area contributed by atoms with Crippen molar-refractivity contribution in [3.63, 3.8) is 0 Å². The Labute approximate surface area is 92.1 Å². The normalized spacial score (nSPS) is 11.6. The van der Waals surface area contributed by atoms with Gasteiger partial charge in [0.05, 0.1) is 0 Å². The zero-order chi connectivity index (χ0) is 10.4. The predicted molar refractivity (Wildman–Crippen MR) is 65.9 cm³/mol. The van der Waals surface area contributed by atoms with Gasteiger partial charge >= 0.3 is 0 Å². The van der Waals surface area contributed by atoms with Crippen LogP contribution >= 0.6 is 11.8 Å². The fourth-order valence-corrected chi connectivity index (χ4v) is 2.18. The van der Waals surface area contributed by atoms with E-state index < -0.39 is 0 Å². The van der Waals surface area contributed by atoms with Crippen LogP contribution in [0.15, 0.2) is 35.2 Å². The summed E-state index contributed by atoms with van der Waals surface area (Å²) in [7, 11) is 0. The van der Waals surface area contributed by atoms with Gasteiger partial charge in [-0.15, -0.1) is 11.8 Å². The monoisotopic (exact) mass is 208 g/mol. The van der Waals surface area contributed by atoms with E-state index in [1.54, 1.807) is 0 Å². The maximum Gasteiger partial charge on any atom is 0.00719 e. The van der Waals surface area contributed by atoms with Crippen LogP contribution in [0.25, 0.3) is 0 Å². The van der Waals surface area contributed by atoms with Gasteiger partial charge in [-0.2, -0.15) is 0 Å². The molecule has 1 aromatic carbocycles. The molecular weight excluding hydrogens is 188 g/mol. The molecule has 0 aliphatic heterocycles. The molecule has 0 fully saturated rings. The number of rotatable bonds is 4. The van der Waals surface area contributed by atoms with Crippen LogP contribution < -0.4 is 0 Å². The Balaban J connectivity index is 2.17. The third-order valence-electron chi connectivity index (χ3n) is 2.08. The maximum atomic E-state index is 2.31. The summed E-state index contributed by atoms with van der Waals surface area (Å²) in [4.78, 5) is 1.39. The van der Waals surface area contributed by atoms with Crippen LogP contribution in [-0.2, 0) is 0 Å². The Morgan fingerprint density at radius 1 is 1.07 bits per heavy atom. The van der Waals surface area contributed by atoms with Crippen LogP contribution in [0.2, 0.25) is 0 Å². The van der Waals surface area contributed by atoms with Gasteiger partial charge in [-0.1, -0.05) is 39.0 Å². The fraction of sp³-hybridized carbons (Fsp3) is 0.538. The minimum atomic E-state index is 0.483. The molecule has 14 heavy (non-hydrogen) atoms. The van der Waals surface area contributed by atoms with Gasteiger partial charge in [-0.3, -0.25) is 0 Å². The lowest BCUT2D eigenvalue weighted by atomic mass is 9.91. The lowest BCUT2D eigenvalue weighted by Crippen LogP contribution is -2.04. The molecule has 0 heterocycles. The zero-order valence-corrected chi connectivity index (χ0v) is 10.2. The molecule has 0 atom stereocenters. The first kappa shape index (κ1) is 11.6. The van der Waals surface area contributed by atoms with Gasteiger partial charge < -0.3 is 0 Å². The second-order valence-electron chi connectivity index (χ2n) is 4.83. The highest BCUT2D eigenvalue weighted by atomic mass is 32.2. The topological polar surface area (TPSA) is 0 Å². The van der Waals surface area contributed by atoms with E-state index in [0.717, 1.165) is 0 Å². The third kappa shape index (κ3) is 5.33. The molecule has 0 spiro atoms. The minimum absolute atomic E-state index is 0.483. The van der Waals surface area contributed by atoms with E-state index in [2.05, 4.69) is 51.1 Å². The van der Waals surface area contributed by atoms with Gasteiger partial charge in [0.15, 0.2) is 0 Å². The molecule has 78 valence electrons. The molecule has 0 aromatic heterocycles. The highest BCUT2D eigenvalue weighted by Crippen LogP contribution is 2.24. The molecule has 0 N–H and O–H groups in total. The smallest absolute Gasteiger partial charge is 0.00719 e. The van der Waals surface area contributed by atoms with Crippen molar-refractivity contribution in [2.24, 2.45) is 5.41 Å². The van der Waals surface area contributed by atoms with Crippen LogP contribution in [0.5, 0.6) is 0 Å². The first-order chi connectivity index (χ1) is 6.58. The molecule has 1 aromatic rings. The SMILES string of the molecule is CC(C)(C)CCCSc1ccccc1. The summed E-state index contributed by atoms with van der Waals surface area (Å²) >= 11 is 1.96. The number of hydrogen-bond donors (Lipinski definition) is 0. The summed E-state index contributed by atoms with van der Waals surface area (Å²) in [6.07, 6.45) is 2.62. The molecular formula is C13H20S. The standard InChI is InChI=1S/C13H20S/c1-13(2,3)10-7-11-14-12-8-5-4-6-9-12/h4-6,8-9H,7,10-11H2,1-3H3. The Bertz CT molecular complexity index is 246. The van der Waals surface area contributed by atoms with E-state index in [9.17, 15) is 0 Å². The van der Waals surface area contributed by atoms with E-state index in [0.29, 0.717) is 5.41 Å². The van der Waals surface area contributed by atoms with Gasteiger partial charge in [-0.25, -0.2) is 0 Å². The lowest BCUT2D eigenvalue weighted by molar-refractivity contribution is 0.375. The Hall–Kier alpha value is -0.430. The van der Waals surface area contributed by atoms with Crippen molar-refractivity contribution < 1.29 is 0 Å². The average Bonchev–Trinajstić information content (AvgIpc) is 2.13. The summed E-state index contributed by atoms with van der Waals surface area (Å²) in [5, 5.41) is 0. The van der Waals surface area contributed by atoms with Crippen LogP contribution in [-0.4, -0.2) is 5.75 Å². The summed E-state index contributed by atoms with van der Waals surface area (Å²) in [5.74, 6) is 1.24. The molecule has 0 aliphatic carbocycles. The van der Waals surface area contributed by atoms with E-state index in [-0.39, 0.29) is 0 Å². The van der Waals surface area contributed by atoms with Crippen LogP contribution in [0.4, 0.5) is 0 Å². The number of hydrogen-bond acceptors (Lipinski definition) is 1. The second-order valence-corrected chi connectivity index (χ2v) is 5.99. The summed E-state index contributed by atoms with van der Waals surface area (Å²) in [6, 6.07) is 10.6. The predicted octanol–water partition coefficient (Wildman–Crippen LogP) is 4.61. The van der Waals surface area contributed by atoms with Crippen LogP contribution in [0.1, 0.15) is 33.6 Å². The van der Waals surface area contributed by atoms with Crippen molar-refractivity contribution in [1.29, 1.82) is 0 Å². The molecule has 0 nitrogen and oxygen atoms in total. The van der Waals surface area contributed by atoms with E-state index in [1.165, 1.54) is 23.5 Å². The van der Waals surface area contributed by atoms with Gasteiger partial charge in [0.1, 0.15) is 0 Å². The summed E-state index contributed by atoms with van der Waals surface area (Å²) in [6.45, 7) is 6.92. The highest BCUT2D eigenvalue weighted by molar-refractivity contribution is 7.99. The lowest BCUT2D eigenvalue weighted by Gasteiger charge is -2.17. The molecule has 0 amide bonds. The first-order valence-electron chi connectivity index (χ1n) is 5.26. The van der Waals surface area contributed by atoms with Crippen molar-refractivity contribution in [3.05, 3.63) is 30.3 Å². The molecule has 0 saturated carbocycles. The van der Waals surface area contributed by atoms with Crippen molar-refractivity contribution in [2.75, 3.05) is 5.75 Å². The van der Waals surface area contributed by atoms with E-state index in [1.807, 2.05) is 11.8 Å². The Morgan fingerprint density at radius 2 is 1.71 bits per heavy atom. The van der Waals surface area contributed by atoms with Gasteiger partial charge in [0, 0.05) is 4.90 Å². The molecule has 0 saturated heterocycles. The fourth-order valence-electron chi connectivity index (χ4n) is 1.31. The van der Waals surface area contributed by atoms with Crippen molar-refractivity contribution >= 4 is 11.8 Å². The van der Waals surface area contributed by atoms with Crippen molar-refractivity contribution in [3.8, 4) is 0 Å². The zero-order valence-electron chi connectivity index (χ0n) is 9.42. The molecule has 1 heteroatoms. The number of benzene rings is 1. The van der Waals surface area contributed by atoms with E-state index in [4.69, 9.17) is 0 Å². The molecule has 0 bridgehead atoms. The van der Waals surface area contributed by atoms with Gasteiger partial charge in [-0.05, 0) is 36.1 Å². The Morgan fingerprint density at radius 3 is 2.29 bits per heavy atom. The maximum absolute atomic E-state index is 2.31. The van der Waals surface area contributed by atoms with Gasteiger partial charge in [0.2, 0.25) is 0 Å². The third-order valence-corrected chi connectivity index (χ3v) is 3.18. The average molecular weight is 208 g/mol. The van der Waals surface area contributed by atoms with Crippen LogP contribution in [0.3, 0.4) is 0 Å². The molecule has 1 rings (SSSR count). The summed E-state index contributed by atoms with van der Waals surface area (Å²) < 4.78 is 0. The Kier molecular flexibility index (Phi) is 4.53. The first-order valence-corrected chi connectivity index (χ1v) is 6.24. The summed E-state index contributed by atoms with van der Waals surface area (Å²) in [5.41, 5.74) is 0.483. The number of thioether (sulfide) groups is 1. The second kappa shape index (κ2) is 5.45. The van der Waals surface area contributed by atoms with Gasteiger partial charge in [0.25, 0.3) is 0 Å². The van der Waals surface area contributed by atoms with Crippen molar-refractivity contribution in [2.45, 2.75) is 38.5 Å². The van der Waals surface area contributed by atoms with Crippen molar-refractivity contribution in [1.82, 2.24) is 0 Å². The van der Waals surface area contributed by atoms with E-state index >= 15 is 0 Å².